The zero-order valence-corrected chi connectivity index (χ0v) is 12.6. The normalized spacial score (nSPS) is 11.9. The van der Waals surface area contributed by atoms with Crippen molar-refractivity contribution in [1.82, 2.24) is 4.98 Å². The highest BCUT2D eigenvalue weighted by molar-refractivity contribution is 5.74. The summed E-state index contributed by atoms with van der Waals surface area (Å²) >= 11 is 0. The molecule has 1 heterocycles. The molecule has 0 saturated carbocycles. The third-order valence-electron chi connectivity index (χ3n) is 3.18. The van der Waals surface area contributed by atoms with Crippen LogP contribution in [0.15, 0.2) is 30.3 Å². The highest BCUT2D eigenvalue weighted by Gasteiger charge is 2.18. The Morgan fingerprint density at radius 3 is 2.24 bits per heavy atom. The van der Waals surface area contributed by atoms with Crippen molar-refractivity contribution in [2.45, 2.75) is 13.0 Å². The number of ether oxygens (including phenoxy) is 3. The second kappa shape index (κ2) is 6.45. The van der Waals surface area contributed by atoms with E-state index >= 15 is 0 Å². The molecule has 5 heteroatoms. The lowest BCUT2D eigenvalue weighted by Gasteiger charge is -2.16. The van der Waals surface area contributed by atoms with Crippen molar-refractivity contribution in [2.24, 2.45) is 0 Å². The van der Waals surface area contributed by atoms with Crippen LogP contribution in [0.4, 0.5) is 0 Å². The summed E-state index contributed by atoms with van der Waals surface area (Å²) in [5, 5.41) is 9.67. The molecule has 0 aliphatic rings. The standard InChI is InChI=1S/C16H19NO4/c1-10(18)12-6-5-7-13(17-12)11-8-9-14(19-2)16(21-4)15(11)20-3/h5-10,18H,1-4H3. The lowest BCUT2D eigenvalue weighted by molar-refractivity contribution is 0.194. The van der Waals surface area contributed by atoms with Gasteiger partial charge in [-0.2, -0.15) is 0 Å². The van der Waals surface area contributed by atoms with E-state index in [0.717, 1.165) is 5.56 Å². The van der Waals surface area contributed by atoms with E-state index < -0.39 is 6.10 Å². The van der Waals surface area contributed by atoms with Gasteiger partial charge in [-0.25, -0.2) is 4.98 Å². The smallest absolute Gasteiger partial charge is 0.203 e. The molecule has 21 heavy (non-hydrogen) atoms. The van der Waals surface area contributed by atoms with Gasteiger partial charge in [0.2, 0.25) is 5.75 Å². The third kappa shape index (κ3) is 2.92. The molecule has 112 valence electrons. The van der Waals surface area contributed by atoms with Gasteiger partial charge < -0.3 is 19.3 Å². The maximum atomic E-state index is 9.67. The van der Waals surface area contributed by atoms with Gasteiger partial charge in [0.15, 0.2) is 11.5 Å². The van der Waals surface area contributed by atoms with E-state index in [1.54, 1.807) is 40.4 Å². The summed E-state index contributed by atoms with van der Waals surface area (Å²) in [5.41, 5.74) is 2.08. The fourth-order valence-electron chi connectivity index (χ4n) is 2.14. The van der Waals surface area contributed by atoms with Gasteiger partial charge in [-0.05, 0) is 31.2 Å². The SMILES string of the molecule is COc1ccc(-c2cccc(C(C)O)n2)c(OC)c1OC. The van der Waals surface area contributed by atoms with E-state index in [1.807, 2.05) is 18.2 Å². The highest BCUT2D eigenvalue weighted by Crippen LogP contribution is 2.43. The van der Waals surface area contributed by atoms with Gasteiger partial charge in [0, 0.05) is 5.56 Å². The molecule has 0 saturated heterocycles. The van der Waals surface area contributed by atoms with Crippen molar-refractivity contribution >= 4 is 0 Å². The molecule has 1 N–H and O–H groups in total. The Morgan fingerprint density at radius 2 is 1.67 bits per heavy atom. The summed E-state index contributed by atoms with van der Waals surface area (Å²) in [7, 11) is 4.70. The van der Waals surface area contributed by atoms with Crippen LogP contribution >= 0.6 is 0 Å². The minimum Gasteiger partial charge on any atom is -0.493 e. The van der Waals surface area contributed by atoms with Crippen molar-refractivity contribution in [3.8, 4) is 28.5 Å². The molecule has 5 nitrogen and oxygen atoms in total. The van der Waals surface area contributed by atoms with Crippen molar-refractivity contribution in [1.29, 1.82) is 0 Å². The predicted molar refractivity (Wildman–Crippen MR) is 80.0 cm³/mol. The van der Waals surface area contributed by atoms with Gasteiger partial charge in [0.1, 0.15) is 0 Å². The minimum absolute atomic E-state index is 0.516. The number of aliphatic hydroxyl groups excluding tert-OH is 1. The summed E-state index contributed by atoms with van der Waals surface area (Å²) in [5.74, 6) is 1.65. The number of aliphatic hydroxyl groups is 1. The quantitative estimate of drug-likeness (QED) is 0.917. The van der Waals surface area contributed by atoms with Crippen molar-refractivity contribution in [3.05, 3.63) is 36.0 Å². The molecule has 0 bridgehead atoms. The first-order valence-electron chi connectivity index (χ1n) is 6.56. The maximum Gasteiger partial charge on any atom is 0.203 e. The molecule has 1 unspecified atom stereocenters. The molecular formula is C16H19NO4. The average molecular weight is 289 g/mol. The number of aromatic nitrogens is 1. The molecule has 1 aromatic carbocycles. The van der Waals surface area contributed by atoms with E-state index in [4.69, 9.17) is 14.2 Å². The Labute approximate surface area is 124 Å². The van der Waals surface area contributed by atoms with Crippen LogP contribution in [-0.4, -0.2) is 31.4 Å². The Bertz CT molecular complexity index is 626. The Morgan fingerprint density at radius 1 is 0.952 bits per heavy atom. The molecule has 0 amide bonds. The van der Waals surface area contributed by atoms with E-state index in [2.05, 4.69) is 4.98 Å². The number of nitrogens with zero attached hydrogens (tertiary/aromatic N) is 1. The average Bonchev–Trinajstić information content (AvgIpc) is 2.53. The molecule has 2 aromatic rings. The summed E-state index contributed by atoms with van der Waals surface area (Å²) in [4.78, 5) is 4.46. The van der Waals surface area contributed by atoms with Gasteiger partial charge >= 0.3 is 0 Å². The number of methoxy groups -OCH3 is 3. The number of rotatable bonds is 5. The van der Waals surface area contributed by atoms with Crippen LogP contribution in [0.25, 0.3) is 11.3 Å². The largest absolute Gasteiger partial charge is 0.493 e. The summed E-state index contributed by atoms with van der Waals surface area (Å²) in [6.07, 6.45) is -0.629. The van der Waals surface area contributed by atoms with Gasteiger partial charge in [-0.3, -0.25) is 0 Å². The van der Waals surface area contributed by atoms with Crippen molar-refractivity contribution in [3.63, 3.8) is 0 Å². The van der Waals surface area contributed by atoms with Crippen LogP contribution in [0.3, 0.4) is 0 Å². The van der Waals surface area contributed by atoms with Gasteiger partial charge in [-0.1, -0.05) is 6.07 Å². The molecule has 1 atom stereocenters. The number of hydrogen-bond donors (Lipinski definition) is 1. The molecule has 0 spiro atoms. The van der Waals surface area contributed by atoms with E-state index in [9.17, 15) is 5.11 Å². The first-order chi connectivity index (χ1) is 10.1. The Hall–Kier alpha value is -2.27. The summed E-state index contributed by atoms with van der Waals surface area (Å²) < 4.78 is 16.1. The fourth-order valence-corrected chi connectivity index (χ4v) is 2.14. The van der Waals surface area contributed by atoms with Crippen LogP contribution in [0, 0.1) is 0 Å². The number of hydrogen-bond acceptors (Lipinski definition) is 5. The molecular weight excluding hydrogens is 270 g/mol. The number of pyridine rings is 1. The molecule has 2 rings (SSSR count). The van der Waals surface area contributed by atoms with Crippen LogP contribution in [0.1, 0.15) is 18.7 Å². The first-order valence-corrected chi connectivity index (χ1v) is 6.56. The zero-order chi connectivity index (χ0) is 15.4. The first kappa shape index (κ1) is 15.1. The second-order valence-corrected chi connectivity index (χ2v) is 4.51. The lowest BCUT2D eigenvalue weighted by atomic mass is 10.1. The predicted octanol–water partition coefficient (Wildman–Crippen LogP) is 2.83. The van der Waals surface area contributed by atoms with E-state index in [-0.39, 0.29) is 0 Å². The zero-order valence-electron chi connectivity index (χ0n) is 12.6. The van der Waals surface area contributed by atoms with Gasteiger partial charge in [0.05, 0.1) is 38.8 Å². The van der Waals surface area contributed by atoms with E-state index in [1.165, 1.54) is 0 Å². The molecule has 0 aliphatic heterocycles. The molecule has 1 aromatic heterocycles. The summed E-state index contributed by atoms with van der Waals surface area (Å²) in [6, 6.07) is 9.14. The maximum absolute atomic E-state index is 9.67. The molecule has 0 aliphatic carbocycles. The Balaban J connectivity index is 2.61. The lowest BCUT2D eigenvalue weighted by Crippen LogP contribution is -2.00. The van der Waals surface area contributed by atoms with Crippen LogP contribution in [-0.2, 0) is 0 Å². The summed E-state index contributed by atoms with van der Waals surface area (Å²) in [6.45, 7) is 1.68. The molecule has 0 radical (unpaired) electrons. The van der Waals surface area contributed by atoms with Crippen molar-refractivity contribution < 1.29 is 19.3 Å². The van der Waals surface area contributed by atoms with Crippen LogP contribution < -0.4 is 14.2 Å². The Kier molecular flexibility index (Phi) is 4.65. The van der Waals surface area contributed by atoms with Gasteiger partial charge in [0.25, 0.3) is 0 Å². The number of benzene rings is 1. The topological polar surface area (TPSA) is 60.8 Å². The van der Waals surface area contributed by atoms with Crippen molar-refractivity contribution in [2.75, 3.05) is 21.3 Å². The van der Waals surface area contributed by atoms with Crippen LogP contribution in [0.2, 0.25) is 0 Å². The minimum atomic E-state index is -0.629. The highest BCUT2D eigenvalue weighted by atomic mass is 16.5. The second-order valence-electron chi connectivity index (χ2n) is 4.51. The van der Waals surface area contributed by atoms with Crippen LogP contribution in [0.5, 0.6) is 17.2 Å². The van der Waals surface area contributed by atoms with Gasteiger partial charge in [-0.15, -0.1) is 0 Å². The third-order valence-corrected chi connectivity index (χ3v) is 3.18. The van der Waals surface area contributed by atoms with E-state index in [0.29, 0.717) is 28.6 Å². The fraction of sp³-hybridized carbons (Fsp3) is 0.312. The molecule has 0 fully saturated rings. The monoisotopic (exact) mass is 289 g/mol.